The first-order chi connectivity index (χ1) is 19.9. The molecule has 0 fully saturated rings. The molecule has 0 aliphatic carbocycles. The van der Waals surface area contributed by atoms with Gasteiger partial charge in [0.05, 0.1) is 54.7 Å². The molecule has 0 aliphatic heterocycles. The molecular formula is C30H34N8O3. The standard InChI is InChI=1S/C30H34N8O3/c1-5-8-25-28(22-10-6-9-21(13-22)14-31)34-30(32-15-27(39)41-18-20(2)3)35-29(25)26-17-38(37-36-26)16-23-11-7-12-24(33-23)19-40-4/h6-7,9-13,17,20H,5,8,15-16,18-19H2,1-4H3,(H,32,34,35). The van der Waals surface area contributed by atoms with Crippen LogP contribution in [0.2, 0.25) is 0 Å². The Morgan fingerprint density at radius 3 is 2.63 bits per heavy atom. The average molecular weight is 555 g/mol. The fourth-order valence-electron chi connectivity index (χ4n) is 4.19. The molecule has 0 aliphatic rings. The van der Waals surface area contributed by atoms with Gasteiger partial charge in [-0.3, -0.25) is 9.78 Å². The summed E-state index contributed by atoms with van der Waals surface area (Å²) in [5.41, 5.74) is 5.65. The van der Waals surface area contributed by atoms with Crippen LogP contribution in [0, 0.1) is 17.2 Å². The van der Waals surface area contributed by atoms with Crippen LogP contribution < -0.4 is 5.32 Å². The Bertz CT molecular complexity index is 1530. The fourth-order valence-corrected chi connectivity index (χ4v) is 4.19. The first-order valence-corrected chi connectivity index (χ1v) is 13.5. The van der Waals surface area contributed by atoms with Gasteiger partial charge in [-0.05, 0) is 36.6 Å². The van der Waals surface area contributed by atoms with Gasteiger partial charge in [-0.25, -0.2) is 14.6 Å². The monoisotopic (exact) mass is 554 g/mol. The maximum atomic E-state index is 12.3. The van der Waals surface area contributed by atoms with Crippen molar-refractivity contribution < 1.29 is 14.3 Å². The Morgan fingerprint density at radius 1 is 1.10 bits per heavy atom. The molecule has 3 aromatic heterocycles. The van der Waals surface area contributed by atoms with Crippen molar-refractivity contribution in [2.75, 3.05) is 25.6 Å². The summed E-state index contributed by atoms with van der Waals surface area (Å²) in [5, 5.41) is 21.3. The van der Waals surface area contributed by atoms with Gasteiger partial charge in [-0.2, -0.15) is 5.26 Å². The molecule has 1 aromatic carbocycles. The van der Waals surface area contributed by atoms with E-state index in [4.69, 9.17) is 19.4 Å². The first-order valence-electron chi connectivity index (χ1n) is 13.5. The maximum Gasteiger partial charge on any atom is 0.325 e. The molecule has 11 nitrogen and oxygen atoms in total. The summed E-state index contributed by atoms with van der Waals surface area (Å²) < 4.78 is 12.2. The molecule has 0 radical (unpaired) electrons. The van der Waals surface area contributed by atoms with Gasteiger partial charge in [-0.15, -0.1) is 5.10 Å². The molecule has 11 heteroatoms. The third-order valence-corrected chi connectivity index (χ3v) is 6.00. The number of carbonyl (C=O) groups excluding carboxylic acids is 1. The normalized spacial score (nSPS) is 10.9. The van der Waals surface area contributed by atoms with E-state index in [-0.39, 0.29) is 18.4 Å². The minimum atomic E-state index is -0.399. The third kappa shape index (κ3) is 7.93. The van der Waals surface area contributed by atoms with Crippen molar-refractivity contribution in [3.8, 4) is 28.7 Å². The molecule has 0 amide bonds. The molecule has 0 saturated heterocycles. The zero-order valence-electron chi connectivity index (χ0n) is 23.8. The average Bonchev–Trinajstić information content (AvgIpc) is 3.44. The lowest BCUT2D eigenvalue weighted by Gasteiger charge is -2.15. The number of hydrogen-bond donors (Lipinski definition) is 1. The van der Waals surface area contributed by atoms with Crippen LogP contribution in [0.4, 0.5) is 5.95 Å². The smallest absolute Gasteiger partial charge is 0.325 e. The van der Waals surface area contributed by atoms with Crippen LogP contribution in [0.15, 0.2) is 48.7 Å². The van der Waals surface area contributed by atoms with Crippen molar-refractivity contribution in [2.24, 2.45) is 5.92 Å². The molecule has 0 saturated carbocycles. The highest BCUT2D eigenvalue weighted by Crippen LogP contribution is 2.32. The van der Waals surface area contributed by atoms with E-state index >= 15 is 0 Å². The van der Waals surface area contributed by atoms with Crippen molar-refractivity contribution in [1.29, 1.82) is 5.26 Å². The number of nitrogens with one attached hydrogen (secondary N) is 1. The van der Waals surface area contributed by atoms with E-state index < -0.39 is 5.97 Å². The Hall–Kier alpha value is -4.69. The van der Waals surface area contributed by atoms with Gasteiger partial charge in [0.2, 0.25) is 5.95 Å². The Labute approximate surface area is 239 Å². The maximum absolute atomic E-state index is 12.3. The highest BCUT2D eigenvalue weighted by Gasteiger charge is 2.20. The van der Waals surface area contributed by atoms with Crippen LogP contribution >= 0.6 is 0 Å². The molecule has 4 rings (SSSR count). The summed E-state index contributed by atoms with van der Waals surface area (Å²) in [6, 6.07) is 15.2. The SMILES string of the molecule is CCCc1c(-c2cccc(C#N)c2)nc(NCC(=O)OCC(C)C)nc1-c1cn(Cc2cccc(COC)n2)nn1. The summed E-state index contributed by atoms with van der Waals surface area (Å²) in [5.74, 6) is 0.0836. The van der Waals surface area contributed by atoms with E-state index in [2.05, 4.69) is 33.6 Å². The summed E-state index contributed by atoms with van der Waals surface area (Å²) in [7, 11) is 1.64. The number of anilines is 1. The topological polar surface area (TPSA) is 141 Å². The lowest BCUT2D eigenvalue weighted by atomic mass is 9.98. The van der Waals surface area contributed by atoms with Crippen LogP contribution in [0.5, 0.6) is 0 Å². The molecule has 0 spiro atoms. The molecule has 0 bridgehead atoms. The van der Waals surface area contributed by atoms with Crippen molar-refractivity contribution in [3.05, 3.63) is 71.2 Å². The highest BCUT2D eigenvalue weighted by molar-refractivity contribution is 5.76. The van der Waals surface area contributed by atoms with Crippen molar-refractivity contribution >= 4 is 11.9 Å². The highest BCUT2D eigenvalue weighted by atomic mass is 16.5. The predicted octanol–water partition coefficient (Wildman–Crippen LogP) is 4.43. The summed E-state index contributed by atoms with van der Waals surface area (Å²) >= 11 is 0. The van der Waals surface area contributed by atoms with Crippen LogP contribution in [0.3, 0.4) is 0 Å². The lowest BCUT2D eigenvalue weighted by molar-refractivity contribution is -0.142. The van der Waals surface area contributed by atoms with Gasteiger partial charge >= 0.3 is 5.97 Å². The van der Waals surface area contributed by atoms with E-state index in [0.717, 1.165) is 28.9 Å². The molecule has 3 heterocycles. The quantitative estimate of drug-likeness (QED) is 0.236. The number of hydrogen-bond acceptors (Lipinski definition) is 10. The lowest BCUT2D eigenvalue weighted by Crippen LogP contribution is -2.20. The number of methoxy groups -OCH3 is 1. The van der Waals surface area contributed by atoms with Crippen LogP contribution in [-0.4, -0.2) is 56.2 Å². The third-order valence-electron chi connectivity index (χ3n) is 6.00. The summed E-state index contributed by atoms with van der Waals surface area (Å²) in [6.07, 6.45) is 3.33. The van der Waals surface area contributed by atoms with Gasteiger partial charge in [0, 0.05) is 18.2 Å². The molecular weight excluding hydrogens is 520 g/mol. The summed E-state index contributed by atoms with van der Waals surface area (Å²) in [6.45, 7) is 7.11. The van der Waals surface area contributed by atoms with Crippen LogP contribution in [0.25, 0.3) is 22.6 Å². The van der Waals surface area contributed by atoms with E-state index in [0.29, 0.717) is 48.8 Å². The number of aromatic nitrogens is 6. The van der Waals surface area contributed by atoms with Gasteiger partial charge in [0.1, 0.15) is 17.9 Å². The second-order valence-electron chi connectivity index (χ2n) is 9.95. The molecule has 0 unspecified atom stereocenters. The number of carbonyl (C=O) groups is 1. The van der Waals surface area contributed by atoms with Crippen LogP contribution in [0.1, 0.15) is 49.7 Å². The number of esters is 1. The van der Waals surface area contributed by atoms with Crippen molar-refractivity contribution in [2.45, 2.75) is 46.8 Å². The molecule has 4 aromatic rings. The van der Waals surface area contributed by atoms with E-state index in [1.54, 1.807) is 23.9 Å². The number of nitriles is 1. The minimum Gasteiger partial charge on any atom is -0.464 e. The predicted molar refractivity (Wildman–Crippen MR) is 154 cm³/mol. The Kier molecular flexibility index (Phi) is 10.1. The number of nitrogens with zero attached hydrogens (tertiary/aromatic N) is 7. The molecule has 212 valence electrons. The Morgan fingerprint density at radius 2 is 1.88 bits per heavy atom. The van der Waals surface area contributed by atoms with Crippen molar-refractivity contribution in [3.63, 3.8) is 0 Å². The molecule has 41 heavy (non-hydrogen) atoms. The summed E-state index contributed by atoms with van der Waals surface area (Å²) in [4.78, 5) is 26.5. The second-order valence-corrected chi connectivity index (χ2v) is 9.95. The largest absolute Gasteiger partial charge is 0.464 e. The minimum absolute atomic E-state index is 0.0901. The second kappa shape index (κ2) is 14.1. The van der Waals surface area contributed by atoms with E-state index in [1.807, 2.05) is 50.4 Å². The fraction of sp³-hybridized carbons (Fsp3) is 0.367. The van der Waals surface area contributed by atoms with Gasteiger partial charge in [0.25, 0.3) is 0 Å². The van der Waals surface area contributed by atoms with Crippen molar-refractivity contribution in [1.82, 2.24) is 29.9 Å². The number of rotatable bonds is 13. The zero-order chi connectivity index (χ0) is 29.2. The van der Waals surface area contributed by atoms with E-state index in [9.17, 15) is 10.1 Å². The number of pyridine rings is 1. The van der Waals surface area contributed by atoms with Gasteiger partial charge in [-0.1, -0.05) is 50.6 Å². The first kappa shape index (κ1) is 29.3. The molecule has 1 N–H and O–H groups in total. The van der Waals surface area contributed by atoms with Gasteiger partial charge < -0.3 is 14.8 Å². The van der Waals surface area contributed by atoms with Gasteiger partial charge in [0.15, 0.2) is 0 Å². The van der Waals surface area contributed by atoms with Crippen LogP contribution in [-0.2, 0) is 33.8 Å². The Balaban J connectivity index is 1.72. The number of ether oxygens (including phenoxy) is 2. The zero-order valence-corrected chi connectivity index (χ0v) is 23.8. The number of benzene rings is 1. The molecule has 0 atom stereocenters. The van der Waals surface area contributed by atoms with E-state index in [1.165, 1.54) is 0 Å².